The summed E-state index contributed by atoms with van der Waals surface area (Å²) in [6.07, 6.45) is 4.55. The Hall–Kier alpha value is -3.66. The van der Waals surface area contributed by atoms with Crippen LogP contribution in [0.3, 0.4) is 0 Å². The van der Waals surface area contributed by atoms with E-state index in [1.807, 2.05) is 60.0 Å². The maximum absolute atomic E-state index is 13.9. The standard InChI is InChI=1S/C34H36BNO6S/c1-2-22(16-23-8-6-9-25(37)17-23)13-14-30-31-24(21-41-26-10-4-3-5-11-26)18-28-32(29(31)19-35(40)42-30)34(39)36(33(28)38)20-27-12-7-15-43-27/h3-12,15-17,28-30,32,37,40H,2,13-14,18-21H2,1H3/b22-16+/t28-,29+,30-,32-/m1/s1. The molecule has 0 radical (unpaired) electrons. The van der Waals surface area contributed by atoms with Crippen LogP contribution in [0, 0.1) is 17.8 Å². The summed E-state index contributed by atoms with van der Waals surface area (Å²) in [5.41, 5.74) is 4.11. The highest BCUT2D eigenvalue weighted by Gasteiger charge is 2.57. The van der Waals surface area contributed by atoms with Crippen LogP contribution in [0.2, 0.25) is 6.32 Å². The number of amides is 2. The van der Waals surface area contributed by atoms with Crippen molar-refractivity contribution in [3.05, 3.63) is 99.3 Å². The zero-order chi connectivity index (χ0) is 29.9. The lowest BCUT2D eigenvalue weighted by molar-refractivity contribution is -0.140. The fourth-order valence-electron chi connectivity index (χ4n) is 6.88. The number of likely N-dealkylation sites (tertiary alicyclic amines) is 1. The van der Waals surface area contributed by atoms with E-state index >= 15 is 0 Å². The van der Waals surface area contributed by atoms with E-state index in [0.717, 1.165) is 40.2 Å². The second kappa shape index (κ2) is 12.9. The number of hydrogen-bond acceptors (Lipinski definition) is 7. The number of imide groups is 1. The van der Waals surface area contributed by atoms with Crippen LogP contribution in [0.25, 0.3) is 6.08 Å². The van der Waals surface area contributed by atoms with Gasteiger partial charge < -0.3 is 19.5 Å². The summed E-state index contributed by atoms with van der Waals surface area (Å²) in [4.78, 5) is 30.0. The molecule has 2 N–H and O–H groups in total. The lowest BCUT2D eigenvalue weighted by Gasteiger charge is -2.43. The van der Waals surface area contributed by atoms with Crippen molar-refractivity contribution in [2.75, 3.05) is 6.61 Å². The van der Waals surface area contributed by atoms with Gasteiger partial charge in [0.2, 0.25) is 11.8 Å². The number of rotatable bonds is 10. The Morgan fingerprint density at radius 3 is 2.67 bits per heavy atom. The minimum atomic E-state index is -1.02. The molecule has 43 heavy (non-hydrogen) atoms. The smallest absolute Gasteiger partial charge is 0.455 e. The van der Waals surface area contributed by atoms with Crippen LogP contribution in [0.5, 0.6) is 11.5 Å². The predicted octanol–water partition coefficient (Wildman–Crippen LogP) is 6.10. The van der Waals surface area contributed by atoms with Crippen LogP contribution in [0.1, 0.15) is 43.0 Å². The molecule has 0 unspecified atom stereocenters. The number of hydrogen-bond donors (Lipinski definition) is 2. The number of allylic oxidation sites excluding steroid dienone is 1. The molecule has 0 spiro atoms. The fraction of sp³-hybridized carbons (Fsp3) is 0.353. The third-order valence-electron chi connectivity index (χ3n) is 8.87. The molecule has 6 rings (SSSR count). The minimum Gasteiger partial charge on any atom is -0.508 e. The molecule has 4 atom stereocenters. The number of ether oxygens (including phenoxy) is 1. The summed E-state index contributed by atoms with van der Waals surface area (Å²) in [7, 11) is -1.02. The fourth-order valence-corrected chi connectivity index (χ4v) is 7.57. The minimum absolute atomic E-state index is 0.139. The summed E-state index contributed by atoms with van der Waals surface area (Å²) >= 11 is 1.53. The number of para-hydroxylation sites is 1. The second-order valence-corrected chi connectivity index (χ2v) is 12.6. The third kappa shape index (κ3) is 6.35. The van der Waals surface area contributed by atoms with Gasteiger partial charge in [0.25, 0.3) is 0 Å². The number of carbonyl (C=O) groups is 2. The maximum Gasteiger partial charge on any atom is 0.455 e. The van der Waals surface area contributed by atoms with Gasteiger partial charge in [0.15, 0.2) is 0 Å². The van der Waals surface area contributed by atoms with E-state index in [9.17, 15) is 19.7 Å². The summed E-state index contributed by atoms with van der Waals surface area (Å²) in [5, 5.41) is 22.8. The molecular formula is C34H36BNO6S. The van der Waals surface area contributed by atoms with Crippen molar-refractivity contribution in [3.63, 3.8) is 0 Å². The Balaban J connectivity index is 1.30. The Morgan fingerprint density at radius 2 is 1.93 bits per heavy atom. The lowest BCUT2D eigenvalue weighted by atomic mass is 9.58. The van der Waals surface area contributed by atoms with Crippen molar-refractivity contribution in [2.24, 2.45) is 17.8 Å². The van der Waals surface area contributed by atoms with Gasteiger partial charge in [-0.25, -0.2) is 0 Å². The summed E-state index contributed by atoms with van der Waals surface area (Å²) in [6.45, 7) is 2.67. The average Bonchev–Trinajstić information content (AvgIpc) is 3.61. The van der Waals surface area contributed by atoms with E-state index in [1.165, 1.54) is 21.8 Å². The first-order valence-electron chi connectivity index (χ1n) is 15.0. The number of fused-ring (bicyclic) bond motifs is 3. The zero-order valence-electron chi connectivity index (χ0n) is 24.2. The van der Waals surface area contributed by atoms with E-state index in [-0.39, 0.29) is 36.3 Å². The van der Waals surface area contributed by atoms with Crippen LogP contribution < -0.4 is 4.74 Å². The van der Waals surface area contributed by atoms with Crippen molar-refractivity contribution in [3.8, 4) is 11.5 Å². The third-order valence-corrected chi connectivity index (χ3v) is 9.73. The summed E-state index contributed by atoms with van der Waals surface area (Å²) in [6, 6.07) is 20.6. The van der Waals surface area contributed by atoms with Crippen molar-refractivity contribution in [1.29, 1.82) is 0 Å². The molecule has 2 amide bonds. The van der Waals surface area contributed by atoms with Gasteiger partial charge in [0, 0.05) is 4.88 Å². The predicted molar refractivity (Wildman–Crippen MR) is 167 cm³/mol. The zero-order valence-corrected chi connectivity index (χ0v) is 25.0. The normalized spacial score (nSPS) is 23.9. The van der Waals surface area contributed by atoms with Gasteiger partial charge in [-0.15, -0.1) is 11.3 Å². The first-order chi connectivity index (χ1) is 20.9. The van der Waals surface area contributed by atoms with Crippen LogP contribution in [0.4, 0.5) is 0 Å². The quantitative estimate of drug-likeness (QED) is 0.167. The molecule has 2 aliphatic heterocycles. The monoisotopic (exact) mass is 597 g/mol. The average molecular weight is 598 g/mol. The molecule has 1 aromatic heterocycles. The van der Waals surface area contributed by atoms with Gasteiger partial charge in [-0.2, -0.15) is 0 Å². The van der Waals surface area contributed by atoms with Gasteiger partial charge in [-0.1, -0.05) is 55.0 Å². The number of benzene rings is 2. The van der Waals surface area contributed by atoms with E-state index in [1.54, 1.807) is 12.1 Å². The molecule has 2 fully saturated rings. The van der Waals surface area contributed by atoms with Crippen molar-refractivity contribution in [1.82, 2.24) is 4.90 Å². The molecule has 222 valence electrons. The highest BCUT2D eigenvalue weighted by atomic mass is 32.1. The molecule has 3 aromatic rings. The largest absolute Gasteiger partial charge is 0.508 e. The number of phenolic OH excluding ortho intramolecular Hbond substituents is 1. The molecule has 7 nitrogen and oxygen atoms in total. The van der Waals surface area contributed by atoms with Gasteiger partial charge in [0.05, 0.1) is 24.5 Å². The number of aromatic hydroxyl groups is 1. The van der Waals surface area contributed by atoms with E-state index in [4.69, 9.17) is 9.39 Å². The van der Waals surface area contributed by atoms with Crippen LogP contribution >= 0.6 is 11.3 Å². The molecular weight excluding hydrogens is 561 g/mol. The van der Waals surface area contributed by atoms with E-state index in [2.05, 4.69) is 13.0 Å². The topological polar surface area (TPSA) is 96.3 Å². The molecule has 0 bridgehead atoms. The van der Waals surface area contributed by atoms with Gasteiger partial charge >= 0.3 is 7.12 Å². The van der Waals surface area contributed by atoms with E-state index < -0.39 is 25.1 Å². The molecule has 0 saturated carbocycles. The van der Waals surface area contributed by atoms with Crippen LogP contribution in [0.15, 0.2) is 88.8 Å². The molecule has 3 aliphatic rings. The number of carbonyl (C=O) groups excluding carboxylic acids is 2. The van der Waals surface area contributed by atoms with Gasteiger partial charge in [0.1, 0.15) is 18.1 Å². The Bertz CT molecular complexity index is 1520. The Labute approximate surface area is 256 Å². The van der Waals surface area contributed by atoms with Crippen molar-refractivity contribution >= 4 is 36.3 Å². The molecule has 9 heteroatoms. The number of nitrogens with zero attached hydrogens (tertiary/aromatic N) is 1. The SMILES string of the molecule is CC/C(=C\c1cccc(O)c1)CC[C@H]1OB(O)C[C@H]2C1=C(COc1ccccc1)C[C@H]1C(=O)N(Cc3cccs3)C(=O)[C@H]12. The van der Waals surface area contributed by atoms with Crippen LogP contribution in [-0.4, -0.2) is 46.7 Å². The van der Waals surface area contributed by atoms with E-state index in [0.29, 0.717) is 19.4 Å². The first kappa shape index (κ1) is 29.4. The van der Waals surface area contributed by atoms with Gasteiger partial charge in [-0.05, 0) is 90.3 Å². The molecule has 3 heterocycles. The second-order valence-electron chi connectivity index (χ2n) is 11.6. The summed E-state index contributed by atoms with van der Waals surface area (Å²) < 4.78 is 12.4. The summed E-state index contributed by atoms with van der Waals surface area (Å²) in [5.74, 6) is -0.625. The Kier molecular flexibility index (Phi) is 8.84. The maximum atomic E-state index is 13.9. The first-order valence-corrected chi connectivity index (χ1v) is 15.9. The molecule has 2 saturated heterocycles. The van der Waals surface area contributed by atoms with Crippen molar-refractivity contribution in [2.45, 2.75) is 51.6 Å². The highest BCUT2D eigenvalue weighted by molar-refractivity contribution is 7.09. The van der Waals surface area contributed by atoms with Crippen molar-refractivity contribution < 1.29 is 29.1 Å². The van der Waals surface area contributed by atoms with Crippen LogP contribution in [-0.2, 0) is 20.8 Å². The lowest BCUT2D eigenvalue weighted by Crippen LogP contribution is -2.46. The molecule has 1 aliphatic carbocycles. The highest BCUT2D eigenvalue weighted by Crippen LogP contribution is 2.51. The molecule has 2 aromatic carbocycles. The number of phenols is 1. The van der Waals surface area contributed by atoms with Gasteiger partial charge in [-0.3, -0.25) is 14.5 Å². The number of thiophene rings is 1. The Morgan fingerprint density at radius 1 is 1.09 bits per heavy atom.